The molecular formula is C18H26N4O2. The third-order valence-electron chi connectivity index (χ3n) is 5.51. The first-order valence-electron chi connectivity index (χ1n) is 8.55. The Morgan fingerprint density at radius 1 is 1.42 bits per heavy atom. The predicted molar refractivity (Wildman–Crippen MR) is 93.8 cm³/mol. The molecule has 1 aromatic carbocycles. The smallest absolute Gasteiger partial charge is 0.321 e. The molecule has 1 aromatic rings. The highest BCUT2D eigenvalue weighted by Crippen LogP contribution is 2.49. The van der Waals surface area contributed by atoms with Crippen molar-refractivity contribution in [2.75, 3.05) is 25.5 Å². The van der Waals surface area contributed by atoms with Crippen LogP contribution in [0.3, 0.4) is 0 Å². The van der Waals surface area contributed by atoms with E-state index in [1.165, 1.54) is 12.8 Å². The number of para-hydroxylation sites is 1. The zero-order valence-corrected chi connectivity index (χ0v) is 14.6. The number of amides is 4. The normalized spacial score (nSPS) is 19.6. The number of benzene rings is 1. The number of urea groups is 2. The standard InChI is InChI=1S/C18H26N4O2/c1-13(18(2)8-9-18)21(3)17(24)20-15-7-5-4-6-14(15)12-22-11-10-19-16(22)23/h4-7,13H,8-12H2,1-3H3,(H,19,23)(H,20,24)/t13-/m1/s1. The molecule has 2 fully saturated rings. The van der Waals surface area contributed by atoms with Crippen LogP contribution in [0.25, 0.3) is 0 Å². The van der Waals surface area contributed by atoms with Gasteiger partial charge in [-0.3, -0.25) is 0 Å². The molecule has 0 unspecified atom stereocenters. The van der Waals surface area contributed by atoms with E-state index >= 15 is 0 Å². The lowest BCUT2D eigenvalue weighted by Crippen LogP contribution is -2.42. The zero-order chi connectivity index (χ0) is 17.3. The van der Waals surface area contributed by atoms with Gasteiger partial charge in [0, 0.05) is 38.4 Å². The van der Waals surface area contributed by atoms with Gasteiger partial charge in [-0.1, -0.05) is 25.1 Å². The second-order valence-electron chi connectivity index (χ2n) is 7.18. The van der Waals surface area contributed by atoms with Crippen molar-refractivity contribution >= 4 is 17.7 Å². The first-order valence-corrected chi connectivity index (χ1v) is 8.55. The van der Waals surface area contributed by atoms with Crippen molar-refractivity contribution in [1.82, 2.24) is 15.1 Å². The molecule has 0 bridgehead atoms. The average molecular weight is 330 g/mol. The van der Waals surface area contributed by atoms with E-state index in [1.54, 1.807) is 9.80 Å². The van der Waals surface area contributed by atoms with Crippen LogP contribution in [-0.4, -0.2) is 48.0 Å². The summed E-state index contributed by atoms with van der Waals surface area (Å²) in [5.74, 6) is 0. The van der Waals surface area contributed by atoms with Crippen molar-refractivity contribution in [2.24, 2.45) is 5.41 Å². The molecule has 6 nitrogen and oxygen atoms in total. The van der Waals surface area contributed by atoms with Gasteiger partial charge in [0.05, 0.1) is 0 Å². The van der Waals surface area contributed by atoms with Gasteiger partial charge in [0.15, 0.2) is 0 Å². The topological polar surface area (TPSA) is 64.7 Å². The van der Waals surface area contributed by atoms with Crippen molar-refractivity contribution in [3.05, 3.63) is 29.8 Å². The third kappa shape index (κ3) is 3.32. The maximum atomic E-state index is 12.6. The monoisotopic (exact) mass is 330 g/mol. The van der Waals surface area contributed by atoms with E-state index in [1.807, 2.05) is 31.3 Å². The van der Waals surface area contributed by atoms with Gasteiger partial charge < -0.3 is 20.4 Å². The van der Waals surface area contributed by atoms with E-state index in [0.29, 0.717) is 19.6 Å². The van der Waals surface area contributed by atoms with E-state index in [-0.39, 0.29) is 23.5 Å². The Morgan fingerprint density at radius 3 is 2.75 bits per heavy atom. The molecule has 1 heterocycles. The highest BCUT2D eigenvalue weighted by atomic mass is 16.2. The molecule has 2 aliphatic rings. The first kappa shape index (κ1) is 16.6. The second-order valence-corrected chi connectivity index (χ2v) is 7.18. The molecule has 1 aliphatic heterocycles. The van der Waals surface area contributed by atoms with Gasteiger partial charge in [0.25, 0.3) is 0 Å². The number of hydrogen-bond acceptors (Lipinski definition) is 2. The molecule has 2 N–H and O–H groups in total. The molecule has 3 rings (SSSR count). The Morgan fingerprint density at radius 2 is 2.12 bits per heavy atom. The first-order chi connectivity index (χ1) is 11.4. The lowest BCUT2D eigenvalue weighted by molar-refractivity contribution is 0.183. The summed E-state index contributed by atoms with van der Waals surface area (Å²) in [6, 6.07) is 7.71. The number of hydrogen-bond donors (Lipinski definition) is 2. The highest BCUT2D eigenvalue weighted by Gasteiger charge is 2.45. The van der Waals surface area contributed by atoms with E-state index in [9.17, 15) is 9.59 Å². The Kier molecular flexibility index (Phi) is 4.39. The minimum Gasteiger partial charge on any atom is -0.336 e. The highest BCUT2D eigenvalue weighted by molar-refractivity contribution is 5.90. The van der Waals surface area contributed by atoms with Crippen LogP contribution in [0.2, 0.25) is 0 Å². The number of anilines is 1. The van der Waals surface area contributed by atoms with Crippen LogP contribution < -0.4 is 10.6 Å². The number of rotatable bonds is 5. The summed E-state index contributed by atoms with van der Waals surface area (Å²) in [7, 11) is 1.85. The van der Waals surface area contributed by atoms with Crippen LogP contribution in [0, 0.1) is 5.41 Å². The van der Waals surface area contributed by atoms with Gasteiger partial charge in [0.1, 0.15) is 0 Å². The largest absolute Gasteiger partial charge is 0.336 e. The van der Waals surface area contributed by atoms with Gasteiger partial charge >= 0.3 is 12.1 Å². The van der Waals surface area contributed by atoms with Crippen LogP contribution in [0.5, 0.6) is 0 Å². The molecule has 4 amide bonds. The Labute approximate surface area is 143 Å². The van der Waals surface area contributed by atoms with Crippen molar-refractivity contribution in [3.8, 4) is 0 Å². The Balaban J connectivity index is 1.68. The van der Waals surface area contributed by atoms with Crippen molar-refractivity contribution < 1.29 is 9.59 Å². The molecule has 0 aromatic heterocycles. The van der Waals surface area contributed by atoms with E-state index in [2.05, 4.69) is 24.5 Å². The molecule has 24 heavy (non-hydrogen) atoms. The van der Waals surface area contributed by atoms with Gasteiger partial charge in [0.2, 0.25) is 0 Å². The molecule has 1 atom stereocenters. The fraction of sp³-hybridized carbons (Fsp3) is 0.556. The minimum absolute atomic E-state index is 0.0523. The van der Waals surface area contributed by atoms with Crippen LogP contribution in [0.4, 0.5) is 15.3 Å². The summed E-state index contributed by atoms with van der Waals surface area (Å²) in [4.78, 5) is 27.9. The number of carbonyl (C=O) groups is 2. The van der Waals surface area contributed by atoms with Crippen LogP contribution >= 0.6 is 0 Å². The maximum absolute atomic E-state index is 12.6. The fourth-order valence-corrected chi connectivity index (χ4v) is 3.11. The SMILES string of the molecule is C[C@@H](N(C)C(=O)Nc1ccccc1CN1CCNC1=O)C1(C)CC1. The minimum atomic E-state index is -0.103. The number of nitrogens with one attached hydrogen (secondary N) is 2. The lowest BCUT2D eigenvalue weighted by Gasteiger charge is -2.30. The fourth-order valence-electron chi connectivity index (χ4n) is 3.11. The van der Waals surface area contributed by atoms with Gasteiger partial charge in [-0.2, -0.15) is 0 Å². The molecule has 1 aliphatic carbocycles. The maximum Gasteiger partial charge on any atom is 0.321 e. The van der Waals surface area contributed by atoms with Crippen LogP contribution in [0.1, 0.15) is 32.3 Å². The van der Waals surface area contributed by atoms with Crippen molar-refractivity contribution in [1.29, 1.82) is 0 Å². The zero-order valence-electron chi connectivity index (χ0n) is 14.6. The summed E-state index contributed by atoms with van der Waals surface area (Å²) in [6.45, 7) is 6.19. The van der Waals surface area contributed by atoms with E-state index < -0.39 is 0 Å². The molecule has 6 heteroatoms. The molecule has 1 saturated carbocycles. The van der Waals surface area contributed by atoms with Crippen molar-refractivity contribution in [2.45, 2.75) is 39.3 Å². The van der Waals surface area contributed by atoms with E-state index in [0.717, 1.165) is 11.3 Å². The summed E-state index contributed by atoms with van der Waals surface area (Å²) >= 11 is 0. The Hall–Kier alpha value is -2.24. The average Bonchev–Trinajstić information content (AvgIpc) is 3.20. The number of nitrogens with zero attached hydrogens (tertiary/aromatic N) is 2. The molecule has 1 saturated heterocycles. The van der Waals surface area contributed by atoms with Crippen molar-refractivity contribution in [3.63, 3.8) is 0 Å². The summed E-state index contributed by atoms with van der Waals surface area (Å²) in [5.41, 5.74) is 1.96. The molecule has 130 valence electrons. The third-order valence-corrected chi connectivity index (χ3v) is 5.51. The molecule has 0 radical (unpaired) electrons. The quantitative estimate of drug-likeness (QED) is 0.872. The lowest BCUT2D eigenvalue weighted by atomic mass is 10.00. The molecule has 0 spiro atoms. The Bertz CT molecular complexity index is 642. The summed E-state index contributed by atoms with van der Waals surface area (Å²) in [5, 5.41) is 5.81. The van der Waals surface area contributed by atoms with Gasteiger partial charge in [-0.15, -0.1) is 0 Å². The second kappa shape index (κ2) is 6.34. The number of carbonyl (C=O) groups excluding carboxylic acids is 2. The summed E-state index contributed by atoms with van der Waals surface area (Å²) < 4.78 is 0. The van der Waals surface area contributed by atoms with E-state index in [4.69, 9.17) is 0 Å². The molecular weight excluding hydrogens is 304 g/mol. The predicted octanol–water partition coefficient (Wildman–Crippen LogP) is 2.86. The van der Waals surface area contributed by atoms with Crippen LogP contribution in [-0.2, 0) is 6.54 Å². The van der Waals surface area contributed by atoms with Crippen LogP contribution in [0.15, 0.2) is 24.3 Å². The van der Waals surface area contributed by atoms with Gasteiger partial charge in [-0.05, 0) is 36.8 Å². The summed E-state index contributed by atoms with van der Waals surface area (Å²) in [6.07, 6.45) is 2.35. The van der Waals surface area contributed by atoms with Gasteiger partial charge in [-0.25, -0.2) is 9.59 Å².